The summed E-state index contributed by atoms with van der Waals surface area (Å²) in [4.78, 5) is 52.4. The number of halogens is 4. The van der Waals surface area contributed by atoms with Crippen molar-refractivity contribution in [3.8, 4) is 0 Å². The van der Waals surface area contributed by atoms with Gasteiger partial charge >= 0.3 is 12.1 Å². The molecule has 0 aromatic carbocycles. The molecule has 0 radical (unpaired) electrons. The smallest absolute Gasteiger partial charge is 0.356 e. The lowest BCUT2D eigenvalue weighted by Crippen LogP contribution is -2.60. The van der Waals surface area contributed by atoms with E-state index in [1.807, 2.05) is 0 Å². The summed E-state index contributed by atoms with van der Waals surface area (Å²) >= 11 is 0. The van der Waals surface area contributed by atoms with Crippen LogP contribution in [0.4, 0.5) is 17.6 Å². The van der Waals surface area contributed by atoms with Crippen LogP contribution in [0.15, 0.2) is 11.2 Å². The highest BCUT2D eigenvalue weighted by atomic mass is 32.2. The molecule has 4 amide bonds. The van der Waals surface area contributed by atoms with Crippen molar-refractivity contribution in [3.63, 3.8) is 0 Å². The summed E-state index contributed by atoms with van der Waals surface area (Å²) in [6, 6.07) is -3.95. The van der Waals surface area contributed by atoms with Gasteiger partial charge in [-0.1, -0.05) is 27.2 Å². The molecule has 0 aromatic rings. The van der Waals surface area contributed by atoms with Crippen LogP contribution < -0.4 is 16.0 Å². The van der Waals surface area contributed by atoms with Crippen LogP contribution in [-0.2, 0) is 29.0 Å². The molecule has 3 aliphatic rings. The summed E-state index contributed by atoms with van der Waals surface area (Å²) in [6.45, 7) is 4.91. The van der Waals surface area contributed by atoms with Gasteiger partial charge in [-0.25, -0.2) is 8.42 Å². The standard InChI is InChI=1S/C25H36F4N4O6S/c1-24(2,3)19(32-23(37)25(27,28)29)22(36)33-12-14-6-5-7-16(14)18(33)21(35)31-15(11-17(26)40(4,38)39)10-13-8-9-30-20(13)34/h11,13-16,18-19H,5-10,12H2,1-4H3,(H,30,34)(H,31,35)(H,32,37)/b17-11-/t13-,14-,15-,16-,18-,19+/m1/s1. The molecular formula is C25H36F4N4O6S. The molecular weight excluding hydrogens is 560 g/mol. The SMILES string of the molecule is CC(C)(C)[C@@H](NC(=O)C(F)(F)F)C(=O)N1C[C@H]2CCC[C@H]2[C@@H]1C(=O)N[C@@H](/C=C(/F)S(C)(=O)=O)C[C@H]1CCNC1=O. The van der Waals surface area contributed by atoms with E-state index in [4.69, 9.17) is 0 Å². The summed E-state index contributed by atoms with van der Waals surface area (Å²) in [5.74, 6) is -5.25. The Hall–Kier alpha value is -2.71. The predicted molar refractivity (Wildman–Crippen MR) is 135 cm³/mol. The van der Waals surface area contributed by atoms with E-state index < -0.39 is 68.4 Å². The molecule has 40 heavy (non-hydrogen) atoms. The number of carbonyl (C=O) groups is 4. The van der Waals surface area contributed by atoms with Crippen LogP contribution in [-0.4, -0.2) is 80.6 Å². The van der Waals surface area contributed by atoms with Crippen LogP contribution in [0.1, 0.15) is 52.9 Å². The fraction of sp³-hybridized carbons (Fsp3) is 0.760. The summed E-state index contributed by atoms with van der Waals surface area (Å²) < 4.78 is 77.1. The fourth-order valence-corrected chi connectivity index (χ4v) is 6.20. The first-order chi connectivity index (χ1) is 18.3. The lowest BCUT2D eigenvalue weighted by molar-refractivity contribution is -0.176. The van der Waals surface area contributed by atoms with Crippen molar-refractivity contribution in [3.05, 3.63) is 11.2 Å². The largest absolute Gasteiger partial charge is 0.471 e. The van der Waals surface area contributed by atoms with Crippen LogP contribution in [0.2, 0.25) is 0 Å². The minimum absolute atomic E-state index is 0.0826. The zero-order valence-corrected chi connectivity index (χ0v) is 23.6. The molecule has 0 unspecified atom stereocenters. The number of hydrogen-bond donors (Lipinski definition) is 3. The van der Waals surface area contributed by atoms with Gasteiger partial charge in [0.25, 0.3) is 0 Å². The number of amides is 4. The maximum Gasteiger partial charge on any atom is 0.471 e. The molecule has 10 nitrogen and oxygen atoms in total. The number of fused-ring (bicyclic) bond motifs is 1. The van der Waals surface area contributed by atoms with E-state index >= 15 is 0 Å². The minimum Gasteiger partial charge on any atom is -0.356 e. The molecule has 3 N–H and O–H groups in total. The molecule has 15 heteroatoms. The van der Waals surface area contributed by atoms with Crippen molar-refractivity contribution >= 4 is 33.5 Å². The van der Waals surface area contributed by atoms with Gasteiger partial charge in [0.05, 0.1) is 6.04 Å². The highest BCUT2D eigenvalue weighted by molar-refractivity contribution is 7.94. The zero-order valence-electron chi connectivity index (χ0n) is 22.8. The lowest BCUT2D eigenvalue weighted by atomic mass is 9.85. The number of hydrogen-bond acceptors (Lipinski definition) is 6. The average Bonchev–Trinajstić information content (AvgIpc) is 3.50. The molecule has 226 valence electrons. The number of carbonyl (C=O) groups excluding carboxylic acids is 4. The van der Waals surface area contributed by atoms with E-state index in [0.29, 0.717) is 38.1 Å². The first-order valence-electron chi connectivity index (χ1n) is 13.1. The van der Waals surface area contributed by atoms with Gasteiger partial charge in [0.15, 0.2) is 0 Å². The van der Waals surface area contributed by atoms with Crippen molar-refractivity contribution in [2.45, 2.75) is 77.2 Å². The minimum atomic E-state index is -5.22. The molecule has 0 spiro atoms. The van der Waals surface area contributed by atoms with Gasteiger partial charge in [0.1, 0.15) is 12.1 Å². The maximum atomic E-state index is 14.5. The average molecular weight is 597 g/mol. The number of nitrogens with zero attached hydrogens (tertiary/aromatic N) is 1. The predicted octanol–water partition coefficient (Wildman–Crippen LogP) is 1.57. The second kappa shape index (κ2) is 11.6. The van der Waals surface area contributed by atoms with Gasteiger partial charge < -0.3 is 20.9 Å². The summed E-state index contributed by atoms with van der Waals surface area (Å²) in [5.41, 5.74) is -1.14. The molecule has 1 saturated carbocycles. The molecule has 3 fully saturated rings. The van der Waals surface area contributed by atoms with E-state index in [-0.39, 0.29) is 30.7 Å². The molecule has 0 bridgehead atoms. The Morgan fingerprint density at radius 2 is 1.77 bits per heavy atom. The van der Waals surface area contributed by atoms with Crippen LogP contribution in [0.5, 0.6) is 0 Å². The number of sulfone groups is 1. The third-order valence-corrected chi connectivity index (χ3v) is 8.65. The Bertz CT molecular complexity index is 1170. The summed E-state index contributed by atoms with van der Waals surface area (Å²) in [6.07, 6.45) is -1.55. The molecule has 0 aromatic heterocycles. The van der Waals surface area contributed by atoms with Crippen molar-refractivity contribution in [1.29, 1.82) is 0 Å². The monoisotopic (exact) mass is 596 g/mol. The summed E-state index contributed by atoms with van der Waals surface area (Å²) in [5, 5.41) is 5.50. The van der Waals surface area contributed by atoms with Crippen LogP contribution in [0, 0.1) is 23.2 Å². The maximum absolute atomic E-state index is 14.5. The number of rotatable bonds is 8. The number of nitrogens with one attached hydrogen (secondary N) is 3. The van der Waals surface area contributed by atoms with Crippen molar-refractivity contribution in [1.82, 2.24) is 20.9 Å². The Balaban J connectivity index is 1.91. The van der Waals surface area contributed by atoms with E-state index in [2.05, 4.69) is 10.6 Å². The molecule has 2 saturated heterocycles. The normalized spacial score (nSPS) is 27.1. The molecule has 6 atom stereocenters. The van der Waals surface area contributed by atoms with E-state index in [1.165, 1.54) is 25.7 Å². The Labute approximate surface area is 230 Å². The van der Waals surface area contributed by atoms with Crippen molar-refractivity contribution < 1.29 is 45.2 Å². The van der Waals surface area contributed by atoms with Gasteiger partial charge in [0, 0.05) is 25.3 Å². The summed E-state index contributed by atoms with van der Waals surface area (Å²) in [7, 11) is -4.24. The van der Waals surface area contributed by atoms with Crippen molar-refractivity contribution in [2.75, 3.05) is 19.3 Å². The van der Waals surface area contributed by atoms with E-state index in [0.717, 1.165) is 6.42 Å². The molecule has 2 heterocycles. The van der Waals surface area contributed by atoms with Crippen molar-refractivity contribution in [2.24, 2.45) is 23.2 Å². The third kappa shape index (κ3) is 7.32. The molecule has 1 aliphatic carbocycles. The second-order valence-corrected chi connectivity index (χ2v) is 13.9. The van der Waals surface area contributed by atoms with Gasteiger partial charge in [0.2, 0.25) is 32.7 Å². The topological polar surface area (TPSA) is 142 Å². The van der Waals surface area contributed by atoms with Crippen LogP contribution in [0.25, 0.3) is 0 Å². The molecule has 3 rings (SSSR count). The third-order valence-electron chi connectivity index (χ3n) is 7.80. The Morgan fingerprint density at radius 3 is 2.30 bits per heavy atom. The number of likely N-dealkylation sites (tertiary alicyclic amines) is 1. The lowest BCUT2D eigenvalue weighted by Gasteiger charge is -2.36. The second-order valence-electron chi connectivity index (χ2n) is 11.9. The highest BCUT2D eigenvalue weighted by Gasteiger charge is 2.53. The van der Waals surface area contributed by atoms with Crippen LogP contribution >= 0.6 is 0 Å². The highest BCUT2D eigenvalue weighted by Crippen LogP contribution is 2.43. The molecule has 2 aliphatic heterocycles. The van der Waals surface area contributed by atoms with Gasteiger partial charge in [-0.2, -0.15) is 17.6 Å². The quantitative estimate of drug-likeness (QED) is 0.364. The zero-order chi connectivity index (χ0) is 30.2. The van der Waals surface area contributed by atoms with E-state index in [1.54, 1.807) is 5.32 Å². The van der Waals surface area contributed by atoms with E-state index in [9.17, 15) is 45.2 Å². The van der Waals surface area contributed by atoms with Crippen LogP contribution in [0.3, 0.4) is 0 Å². The Kier molecular flexibility index (Phi) is 9.26. The fourth-order valence-electron chi connectivity index (χ4n) is 5.79. The first kappa shape index (κ1) is 31.8. The van der Waals surface area contributed by atoms with Gasteiger partial charge in [-0.05, 0) is 49.0 Å². The first-order valence-corrected chi connectivity index (χ1v) is 15.0. The van der Waals surface area contributed by atoms with Gasteiger partial charge in [-0.3, -0.25) is 19.2 Å². The number of alkyl halides is 3. The van der Waals surface area contributed by atoms with Gasteiger partial charge in [-0.15, -0.1) is 0 Å². The Morgan fingerprint density at radius 1 is 1.12 bits per heavy atom.